The van der Waals surface area contributed by atoms with Crippen LogP contribution in [0.3, 0.4) is 0 Å². The molecule has 0 aliphatic heterocycles. The molecule has 3 aromatic rings. The molecule has 0 radical (unpaired) electrons. The number of carbonyl (C=O) groups excluding carboxylic acids is 2. The van der Waals surface area contributed by atoms with E-state index in [1.165, 1.54) is 23.1 Å². The van der Waals surface area contributed by atoms with Gasteiger partial charge >= 0.3 is 0 Å². The molecule has 0 bridgehead atoms. The molecule has 2 amide bonds. The van der Waals surface area contributed by atoms with E-state index in [-0.39, 0.29) is 39.0 Å². The van der Waals surface area contributed by atoms with Crippen molar-refractivity contribution in [2.75, 3.05) is 17.4 Å². The van der Waals surface area contributed by atoms with Gasteiger partial charge in [0.25, 0.3) is 10.0 Å². The van der Waals surface area contributed by atoms with Crippen LogP contribution in [0.25, 0.3) is 0 Å². The van der Waals surface area contributed by atoms with Gasteiger partial charge in [-0.3, -0.25) is 13.9 Å². The fraction of sp³-hybridized carbons (Fsp3) is 0.333. The molecular formula is C30H35Cl2N3O4S. The number of sulfonamides is 1. The number of aryl methyl sites for hydroxylation is 1. The molecule has 7 nitrogen and oxygen atoms in total. The van der Waals surface area contributed by atoms with Crippen molar-refractivity contribution in [2.24, 2.45) is 5.92 Å². The summed E-state index contributed by atoms with van der Waals surface area (Å²) in [7, 11) is -4.24. The monoisotopic (exact) mass is 603 g/mol. The number of amides is 2. The maximum Gasteiger partial charge on any atom is 0.264 e. The van der Waals surface area contributed by atoms with Crippen molar-refractivity contribution in [3.05, 3.63) is 94.0 Å². The van der Waals surface area contributed by atoms with Crippen LogP contribution >= 0.6 is 23.2 Å². The highest BCUT2D eigenvalue weighted by Crippen LogP contribution is 2.35. The molecule has 0 aromatic heterocycles. The standard InChI is InChI=1S/C30H35Cl2N3O4S/c1-5-26(30(37)33-18-21(2)3)34(19-23-10-7-6-8-11-23)28(36)20-35(27-13-9-12-25(31)29(27)32)40(38,39)24-16-14-22(4)15-17-24/h6-17,21,26H,5,18-20H2,1-4H3,(H,33,37)/t26-/m0/s1. The first-order chi connectivity index (χ1) is 18.9. The summed E-state index contributed by atoms with van der Waals surface area (Å²) in [4.78, 5) is 28.7. The zero-order valence-corrected chi connectivity index (χ0v) is 25.4. The lowest BCUT2D eigenvalue weighted by Crippen LogP contribution is -2.52. The molecule has 1 N–H and O–H groups in total. The fourth-order valence-electron chi connectivity index (χ4n) is 4.16. The Bertz CT molecular complexity index is 1410. The van der Waals surface area contributed by atoms with Crippen molar-refractivity contribution < 1.29 is 18.0 Å². The first kappa shape index (κ1) is 31.5. The maximum absolute atomic E-state index is 14.1. The highest BCUT2D eigenvalue weighted by Gasteiger charge is 2.34. The van der Waals surface area contributed by atoms with E-state index in [4.69, 9.17) is 23.2 Å². The SMILES string of the molecule is CC[C@@H](C(=O)NCC(C)C)N(Cc1ccccc1)C(=O)CN(c1cccc(Cl)c1Cl)S(=O)(=O)c1ccc(C)cc1. The number of rotatable bonds is 12. The van der Waals surface area contributed by atoms with E-state index >= 15 is 0 Å². The van der Waals surface area contributed by atoms with Gasteiger partial charge in [0.05, 0.1) is 20.6 Å². The lowest BCUT2D eigenvalue weighted by atomic mass is 10.1. The molecule has 0 saturated carbocycles. The van der Waals surface area contributed by atoms with Crippen LogP contribution in [0.1, 0.15) is 38.3 Å². The number of carbonyl (C=O) groups is 2. The Kier molecular flexibility index (Phi) is 11.0. The van der Waals surface area contributed by atoms with E-state index in [2.05, 4.69) is 5.32 Å². The summed E-state index contributed by atoms with van der Waals surface area (Å²) in [5.74, 6) is -0.629. The van der Waals surface area contributed by atoms with E-state index in [1.807, 2.05) is 58.0 Å². The number of benzene rings is 3. The fourth-order valence-corrected chi connectivity index (χ4v) is 6.03. The summed E-state index contributed by atoms with van der Waals surface area (Å²) in [5.41, 5.74) is 1.76. The molecule has 0 heterocycles. The molecule has 1 atom stereocenters. The molecule has 0 unspecified atom stereocenters. The Hall–Kier alpha value is -3.07. The number of anilines is 1. The number of nitrogens with zero attached hydrogens (tertiary/aromatic N) is 2. The third-order valence-electron chi connectivity index (χ3n) is 6.35. The molecule has 3 rings (SSSR count). The molecule has 0 aliphatic carbocycles. The first-order valence-electron chi connectivity index (χ1n) is 13.1. The van der Waals surface area contributed by atoms with Crippen LogP contribution in [0.15, 0.2) is 77.7 Å². The van der Waals surface area contributed by atoms with Gasteiger partial charge in [-0.25, -0.2) is 8.42 Å². The predicted octanol–water partition coefficient (Wildman–Crippen LogP) is 6.08. The van der Waals surface area contributed by atoms with Gasteiger partial charge in [0, 0.05) is 13.1 Å². The maximum atomic E-state index is 14.1. The zero-order chi connectivity index (χ0) is 29.4. The summed E-state index contributed by atoms with van der Waals surface area (Å²) >= 11 is 12.7. The van der Waals surface area contributed by atoms with Crippen LogP contribution < -0.4 is 9.62 Å². The first-order valence-corrected chi connectivity index (χ1v) is 15.3. The number of halogens is 2. The second-order valence-electron chi connectivity index (χ2n) is 9.97. The van der Waals surface area contributed by atoms with Crippen molar-refractivity contribution in [3.8, 4) is 0 Å². The molecule has 0 aliphatic rings. The molecule has 0 spiro atoms. The lowest BCUT2D eigenvalue weighted by Gasteiger charge is -2.33. The minimum Gasteiger partial charge on any atom is -0.354 e. The third-order valence-corrected chi connectivity index (χ3v) is 8.94. The summed E-state index contributed by atoms with van der Waals surface area (Å²) in [6, 6.07) is 19.4. The molecular weight excluding hydrogens is 569 g/mol. The zero-order valence-electron chi connectivity index (χ0n) is 23.1. The average Bonchev–Trinajstić information content (AvgIpc) is 2.92. The molecule has 0 fully saturated rings. The van der Waals surface area contributed by atoms with Crippen LogP contribution in [0, 0.1) is 12.8 Å². The van der Waals surface area contributed by atoms with Crippen molar-refractivity contribution in [3.63, 3.8) is 0 Å². The third kappa shape index (κ3) is 7.77. The van der Waals surface area contributed by atoms with Crippen LogP contribution in [0.4, 0.5) is 5.69 Å². The number of hydrogen-bond acceptors (Lipinski definition) is 4. The Morgan fingerprint density at radius 2 is 1.57 bits per heavy atom. The van der Waals surface area contributed by atoms with Gasteiger partial charge in [-0.05, 0) is 49.1 Å². The van der Waals surface area contributed by atoms with E-state index in [0.717, 1.165) is 15.4 Å². The van der Waals surface area contributed by atoms with E-state index in [9.17, 15) is 18.0 Å². The smallest absolute Gasteiger partial charge is 0.264 e. The largest absolute Gasteiger partial charge is 0.354 e. The highest BCUT2D eigenvalue weighted by molar-refractivity contribution is 7.92. The quantitative estimate of drug-likeness (QED) is 0.272. The van der Waals surface area contributed by atoms with Crippen LogP contribution in [0.5, 0.6) is 0 Å². The molecule has 214 valence electrons. The Morgan fingerprint density at radius 1 is 0.925 bits per heavy atom. The van der Waals surface area contributed by atoms with Crippen LogP contribution in [-0.4, -0.2) is 44.3 Å². The van der Waals surface area contributed by atoms with Gasteiger partial charge in [-0.2, -0.15) is 0 Å². The van der Waals surface area contributed by atoms with Gasteiger partial charge in [0.2, 0.25) is 11.8 Å². The van der Waals surface area contributed by atoms with Crippen molar-refractivity contribution in [1.82, 2.24) is 10.2 Å². The molecule has 40 heavy (non-hydrogen) atoms. The topological polar surface area (TPSA) is 86.8 Å². The van der Waals surface area contributed by atoms with E-state index < -0.39 is 28.5 Å². The van der Waals surface area contributed by atoms with Crippen molar-refractivity contribution >= 4 is 50.7 Å². The van der Waals surface area contributed by atoms with Gasteiger partial charge in [0.1, 0.15) is 12.6 Å². The Balaban J connectivity index is 2.07. The van der Waals surface area contributed by atoms with Gasteiger partial charge in [-0.15, -0.1) is 0 Å². The normalized spacial score (nSPS) is 12.2. The molecule has 0 saturated heterocycles. The van der Waals surface area contributed by atoms with E-state index in [0.29, 0.717) is 13.0 Å². The van der Waals surface area contributed by atoms with Crippen molar-refractivity contribution in [1.29, 1.82) is 0 Å². The Labute approximate surface area is 247 Å². The second kappa shape index (κ2) is 14.0. The number of nitrogens with one attached hydrogen (secondary N) is 1. The number of hydrogen-bond donors (Lipinski definition) is 1. The van der Waals surface area contributed by atoms with Crippen LogP contribution in [-0.2, 0) is 26.2 Å². The lowest BCUT2D eigenvalue weighted by molar-refractivity contribution is -0.140. The van der Waals surface area contributed by atoms with E-state index in [1.54, 1.807) is 24.3 Å². The molecule has 10 heteroatoms. The summed E-state index contributed by atoms with van der Waals surface area (Å²) in [5, 5.41) is 3.07. The summed E-state index contributed by atoms with van der Waals surface area (Å²) in [6.07, 6.45) is 0.338. The minimum atomic E-state index is -4.24. The minimum absolute atomic E-state index is 0.00160. The summed E-state index contributed by atoms with van der Waals surface area (Å²) in [6.45, 7) is 7.62. The van der Waals surface area contributed by atoms with Crippen molar-refractivity contribution in [2.45, 2.75) is 51.6 Å². The Morgan fingerprint density at radius 3 is 2.17 bits per heavy atom. The van der Waals surface area contributed by atoms with Crippen LogP contribution in [0.2, 0.25) is 10.0 Å². The summed E-state index contributed by atoms with van der Waals surface area (Å²) < 4.78 is 28.9. The second-order valence-corrected chi connectivity index (χ2v) is 12.6. The highest BCUT2D eigenvalue weighted by atomic mass is 35.5. The predicted molar refractivity (Wildman–Crippen MR) is 161 cm³/mol. The van der Waals surface area contributed by atoms with Gasteiger partial charge < -0.3 is 10.2 Å². The molecule has 3 aromatic carbocycles. The average molecular weight is 605 g/mol. The van der Waals surface area contributed by atoms with Gasteiger partial charge in [-0.1, -0.05) is 98.1 Å². The van der Waals surface area contributed by atoms with Gasteiger partial charge in [0.15, 0.2) is 0 Å².